The standard InChI is InChI=1S/C17H22N2O2/c1-13(2)18-11-15-7-5-9-17(19-15)21-16-8-4-6-14(10-16)12-20-3/h4-10,13,18H,11-12H2,1-3H3. The van der Waals surface area contributed by atoms with Gasteiger partial charge >= 0.3 is 0 Å². The molecule has 1 heterocycles. The molecule has 1 aromatic carbocycles. The van der Waals surface area contributed by atoms with Crippen molar-refractivity contribution in [1.82, 2.24) is 10.3 Å². The van der Waals surface area contributed by atoms with Crippen molar-refractivity contribution in [1.29, 1.82) is 0 Å². The number of rotatable bonds is 7. The summed E-state index contributed by atoms with van der Waals surface area (Å²) >= 11 is 0. The van der Waals surface area contributed by atoms with Crippen molar-refractivity contribution in [2.24, 2.45) is 0 Å². The third kappa shape index (κ3) is 5.17. The van der Waals surface area contributed by atoms with Crippen LogP contribution < -0.4 is 10.1 Å². The number of hydrogen-bond acceptors (Lipinski definition) is 4. The van der Waals surface area contributed by atoms with Gasteiger partial charge in [0.25, 0.3) is 0 Å². The van der Waals surface area contributed by atoms with E-state index in [0.717, 1.165) is 23.6 Å². The summed E-state index contributed by atoms with van der Waals surface area (Å²) in [4.78, 5) is 4.50. The van der Waals surface area contributed by atoms with Crippen molar-refractivity contribution in [2.75, 3.05) is 7.11 Å². The van der Waals surface area contributed by atoms with Crippen LogP contribution in [0.4, 0.5) is 0 Å². The summed E-state index contributed by atoms with van der Waals surface area (Å²) in [7, 11) is 1.68. The molecule has 1 aromatic heterocycles. The molecule has 4 heteroatoms. The van der Waals surface area contributed by atoms with E-state index in [1.807, 2.05) is 42.5 Å². The van der Waals surface area contributed by atoms with Gasteiger partial charge in [0.05, 0.1) is 12.3 Å². The molecule has 2 rings (SSSR count). The number of benzene rings is 1. The zero-order valence-corrected chi connectivity index (χ0v) is 12.8. The molecule has 112 valence electrons. The van der Waals surface area contributed by atoms with Gasteiger partial charge in [-0.1, -0.05) is 32.0 Å². The van der Waals surface area contributed by atoms with E-state index in [9.17, 15) is 0 Å². The molecule has 0 aliphatic carbocycles. The Labute approximate surface area is 126 Å². The van der Waals surface area contributed by atoms with Crippen molar-refractivity contribution >= 4 is 0 Å². The monoisotopic (exact) mass is 286 g/mol. The maximum atomic E-state index is 5.82. The van der Waals surface area contributed by atoms with Gasteiger partial charge in [-0.2, -0.15) is 0 Å². The van der Waals surface area contributed by atoms with E-state index in [1.54, 1.807) is 7.11 Å². The van der Waals surface area contributed by atoms with Crippen LogP contribution in [0.5, 0.6) is 11.6 Å². The number of nitrogens with zero attached hydrogens (tertiary/aromatic N) is 1. The van der Waals surface area contributed by atoms with E-state index in [-0.39, 0.29) is 0 Å². The Bertz CT molecular complexity index is 570. The number of methoxy groups -OCH3 is 1. The lowest BCUT2D eigenvalue weighted by Gasteiger charge is -2.10. The lowest BCUT2D eigenvalue weighted by molar-refractivity contribution is 0.184. The molecule has 4 nitrogen and oxygen atoms in total. The van der Waals surface area contributed by atoms with Gasteiger partial charge in [0.15, 0.2) is 0 Å². The smallest absolute Gasteiger partial charge is 0.219 e. The molecule has 0 radical (unpaired) electrons. The highest BCUT2D eigenvalue weighted by Crippen LogP contribution is 2.21. The van der Waals surface area contributed by atoms with Gasteiger partial charge in [-0.3, -0.25) is 0 Å². The van der Waals surface area contributed by atoms with Crippen LogP contribution in [0.15, 0.2) is 42.5 Å². The van der Waals surface area contributed by atoms with E-state index in [0.29, 0.717) is 18.5 Å². The summed E-state index contributed by atoms with van der Waals surface area (Å²) in [5, 5.41) is 3.34. The summed E-state index contributed by atoms with van der Waals surface area (Å²) in [5.41, 5.74) is 2.04. The number of aromatic nitrogens is 1. The fraction of sp³-hybridized carbons (Fsp3) is 0.353. The Morgan fingerprint density at radius 3 is 2.71 bits per heavy atom. The maximum absolute atomic E-state index is 5.82. The molecular formula is C17H22N2O2. The average molecular weight is 286 g/mol. The number of pyridine rings is 1. The van der Waals surface area contributed by atoms with E-state index < -0.39 is 0 Å². The Morgan fingerprint density at radius 1 is 1.14 bits per heavy atom. The van der Waals surface area contributed by atoms with Crippen LogP contribution in [0.3, 0.4) is 0 Å². The van der Waals surface area contributed by atoms with Crippen LogP contribution >= 0.6 is 0 Å². The Morgan fingerprint density at radius 2 is 1.95 bits per heavy atom. The molecule has 0 aliphatic heterocycles. The van der Waals surface area contributed by atoms with Gasteiger partial charge in [0.1, 0.15) is 5.75 Å². The molecule has 0 amide bonds. The summed E-state index contributed by atoms with van der Waals surface area (Å²) in [6, 6.07) is 14.1. The first-order valence-electron chi connectivity index (χ1n) is 7.12. The number of hydrogen-bond donors (Lipinski definition) is 1. The molecule has 0 atom stereocenters. The van der Waals surface area contributed by atoms with Crippen LogP contribution in [0, 0.1) is 0 Å². The van der Waals surface area contributed by atoms with E-state index in [2.05, 4.69) is 24.1 Å². The summed E-state index contributed by atoms with van der Waals surface area (Å²) in [5.74, 6) is 1.37. The predicted octanol–water partition coefficient (Wildman–Crippen LogP) is 3.52. The minimum Gasteiger partial charge on any atom is -0.439 e. The molecule has 2 aromatic rings. The zero-order chi connectivity index (χ0) is 15.1. The molecular weight excluding hydrogens is 264 g/mol. The fourth-order valence-corrected chi connectivity index (χ4v) is 1.91. The van der Waals surface area contributed by atoms with Gasteiger partial charge in [-0.05, 0) is 23.8 Å². The maximum Gasteiger partial charge on any atom is 0.219 e. The van der Waals surface area contributed by atoms with Crippen LogP contribution in [0.2, 0.25) is 0 Å². The quantitative estimate of drug-likeness (QED) is 0.845. The van der Waals surface area contributed by atoms with Crippen molar-refractivity contribution < 1.29 is 9.47 Å². The molecule has 21 heavy (non-hydrogen) atoms. The van der Waals surface area contributed by atoms with Gasteiger partial charge in [-0.15, -0.1) is 0 Å². The second-order valence-corrected chi connectivity index (χ2v) is 5.19. The van der Waals surface area contributed by atoms with Crippen LogP contribution in [-0.2, 0) is 17.9 Å². The van der Waals surface area contributed by atoms with Gasteiger partial charge in [-0.25, -0.2) is 4.98 Å². The normalized spacial score (nSPS) is 10.9. The van der Waals surface area contributed by atoms with Crippen molar-refractivity contribution in [2.45, 2.75) is 33.0 Å². The van der Waals surface area contributed by atoms with Gasteiger partial charge < -0.3 is 14.8 Å². The highest BCUT2D eigenvalue weighted by atomic mass is 16.5. The lowest BCUT2D eigenvalue weighted by Crippen LogP contribution is -2.22. The number of nitrogens with one attached hydrogen (secondary N) is 1. The fourth-order valence-electron chi connectivity index (χ4n) is 1.91. The second kappa shape index (κ2) is 7.76. The lowest BCUT2D eigenvalue weighted by atomic mass is 10.2. The first-order valence-corrected chi connectivity index (χ1v) is 7.12. The Kier molecular flexibility index (Phi) is 5.72. The third-order valence-electron chi connectivity index (χ3n) is 2.90. The molecule has 0 fully saturated rings. The molecule has 0 unspecified atom stereocenters. The van der Waals surface area contributed by atoms with Crippen molar-refractivity contribution in [3.63, 3.8) is 0 Å². The molecule has 0 saturated carbocycles. The third-order valence-corrected chi connectivity index (χ3v) is 2.90. The van der Waals surface area contributed by atoms with Gasteiger partial charge in [0, 0.05) is 25.8 Å². The van der Waals surface area contributed by atoms with Crippen LogP contribution in [0.1, 0.15) is 25.1 Å². The SMILES string of the molecule is COCc1cccc(Oc2cccc(CNC(C)C)n2)c1. The first-order chi connectivity index (χ1) is 10.2. The first kappa shape index (κ1) is 15.5. The van der Waals surface area contributed by atoms with E-state index >= 15 is 0 Å². The summed E-state index contributed by atoms with van der Waals surface area (Å²) in [6.07, 6.45) is 0. The molecule has 0 saturated heterocycles. The molecule has 0 aliphatic rings. The van der Waals surface area contributed by atoms with Crippen LogP contribution in [-0.4, -0.2) is 18.1 Å². The summed E-state index contributed by atoms with van der Waals surface area (Å²) < 4.78 is 10.9. The Hall–Kier alpha value is -1.91. The largest absolute Gasteiger partial charge is 0.439 e. The van der Waals surface area contributed by atoms with Gasteiger partial charge in [0.2, 0.25) is 5.88 Å². The Balaban J connectivity index is 2.05. The molecule has 0 spiro atoms. The number of ether oxygens (including phenoxy) is 2. The minimum absolute atomic E-state index is 0.432. The minimum atomic E-state index is 0.432. The molecule has 0 bridgehead atoms. The predicted molar refractivity (Wildman–Crippen MR) is 83.4 cm³/mol. The van der Waals surface area contributed by atoms with E-state index in [1.165, 1.54) is 0 Å². The average Bonchev–Trinajstić information content (AvgIpc) is 2.46. The topological polar surface area (TPSA) is 43.4 Å². The van der Waals surface area contributed by atoms with Crippen molar-refractivity contribution in [3.05, 3.63) is 53.7 Å². The highest BCUT2D eigenvalue weighted by molar-refractivity contribution is 5.31. The second-order valence-electron chi connectivity index (χ2n) is 5.19. The van der Waals surface area contributed by atoms with Crippen molar-refractivity contribution in [3.8, 4) is 11.6 Å². The van der Waals surface area contributed by atoms with E-state index in [4.69, 9.17) is 9.47 Å². The van der Waals surface area contributed by atoms with Crippen LogP contribution in [0.25, 0.3) is 0 Å². The highest BCUT2D eigenvalue weighted by Gasteiger charge is 2.03. The summed E-state index contributed by atoms with van der Waals surface area (Å²) in [6.45, 7) is 5.53. The zero-order valence-electron chi connectivity index (χ0n) is 12.8. The molecule has 1 N–H and O–H groups in total.